The monoisotopic (exact) mass is 153 g/mol. The summed E-state index contributed by atoms with van der Waals surface area (Å²) in [6.45, 7) is 2.56. The summed E-state index contributed by atoms with van der Waals surface area (Å²) in [5, 5.41) is 3.48. The van der Waals surface area contributed by atoms with E-state index in [0.717, 1.165) is 11.8 Å². The van der Waals surface area contributed by atoms with Crippen LogP contribution in [0.25, 0.3) is 0 Å². The zero-order valence-corrected chi connectivity index (χ0v) is 7.31. The Morgan fingerprint density at radius 3 is 2.45 bits per heavy atom. The summed E-state index contributed by atoms with van der Waals surface area (Å²) in [5.41, 5.74) is 0. The van der Waals surface area contributed by atoms with Gasteiger partial charge in [0.2, 0.25) is 0 Å². The second kappa shape index (κ2) is 3.57. The van der Waals surface area contributed by atoms with Gasteiger partial charge < -0.3 is 5.32 Å². The Morgan fingerprint density at radius 2 is 1.82 bits per heavy atom. The first-order valence-corrected chi connectivity index (χ1v) is 5.16. The van der Waals surface area contributed by atoms with Gasteiger partial charge in [0.05, 0.1) is 0 Å². The maximum atomic E-state index is 3.48. The van der Waals surface area contributed by atoms with E-state index in [2.05, 4.69) is 5.32 Å². The summed E-state index contributed by atoms with van der Waals surface area (Å²) in [6.07, 6.45) is 8.97. The smallest absolute Gasteiger partial charge is 0.00205 e. The highest BCUT2D eigenvalue weighted by Gasteiger charge is 2.22. The fourth-order valence-electron chi connectivity index (χ4n) is 2.05. The van der Waals surface area contributed by atoms with E-state index in [1.807, 2.05) is 0 Å². The van der Waals surface area contributed by atoms with Crippen LogP contribution in [0.4, 0.5) is 0 Å². The van der Waals surface area contributed by atoms with Gasteiger partial charge in [0.1, 0.15) is 0 Å². The molecule has 1 aliphatic heterocycles. The largest absolute Gasteiger partial charge is 0.316 e. The van der Waals surface area contributed by atoms with Crippen molar-refractivity contribution in [3.63, 3.8) is 0 Å². The highest BCUT2D eigenvalue weighted by molar-refractivity contribution is 4.76. The van der Waals surface area contributed by atoms with Crippen molar-refractivity contribution in [3.8, 4) is 0 Å². The maximum Gasteiger partial charge on any atom is -0.00205 e. The molecule has 2 aliphatic rings. The van der Waals surface area contributed by atoms with E-state index in [4.69, 9.17) is 0 Å². The Labute approximate surface area is 69.6 Å². The van der Waals surface area contributed by atoms with Crippen molar-refractivity contribution in [1.82, 2.24) is 5.32 Å². The molecular formula is C10H19N. The number of nitrogens with one attached hydrogen (secondary N) is 1. The fourth-order valence-corrected chi connectivity index (χ4v) is 2.05. The topological polar surface area (TPSA) is 12.0 Å². The molecule has 0 aromatic heterocycles. The lowest BCUT2D eigenvalue weighted by atomic mass is 9.94. The van der Waals surface area contributed by atoms with Gasteiger partial charge >= 0.3 is 0 Å². The Bertz CT molecular complexity index is 112. The normalized spacial score (nSPS) is 32.2. The summed E-state index contributed by atoms with van der Waals surface area (Å²) in [5.74, 6) is 2.15. The average Bonchev–Trinajstić information content (AvgIpc) is 2.86. The second-order valence-electron chi connectivity index (χ2n) is 4.23. The first-order valence-electron chi connectivity index (χ1n) is 5.16. The lowest BCUT2D eigenvalue weighted by Crippen LogP contribution is -2.29. The second-order valence-corrected chi connectivity index (χ2v) is 4.23. The minimum absolute atomic E-state index is 1.02. The van der Waals surface area contributed by atoms with Gasteiger partial charge in [-0.1, -0.05) is 19.3 Å². The van der Waals surface area contributed by atoms with Gasteiger partial charge in [0, 0.05) is 0 Å². The summed E-state index contributed by atoms with van der Waals surface area (Å²) in [7, 11) is 0. The van der Waals surface area contributed by atoms with Crippen molar-refractivity contribution in [2.75, 3.05) is 13.1 Å². The maximum absolute atomic E-state index is 3.48. The van der Waals surface area contributed by atoms with Crippen molar-refractivity contribution in [1.29, 1.82) is 0 Å². The third-order valence-electron chi connectivity index (χ3n) is 3.08. The van der Waals surface area contributed by atoms with E-state index < -0.39 is 0 Å². The average molecular weight is 153 g/mol. The molecule has 1 heteroatoms. The molecule has 1 aliphatic carbocycles. The van der Waals surface area contributed by atoms with Gasteiger partial charge in [0.15, 0.2) is 0 Å². The van der Waals surface area contributed by atoms with Gasteiger partial charge in [-0.15, -0.1) is 0 Å². The van der Waals surface area contributed by atoms with E-state index in [9.17, 15) is 0 Å². The first kappa shape index (κ1) is 7.60. The quantitative estimate of drug-likeness (QED) is 0.655. The zero-order valence-electron chi connectivity index (χ0n) is 7.31. The van der Waals surface area contributed by atoms with Crippen LogP contribution in [0, 0.1) is 11.8 Å². The van der Waals surface area contributed by atoms with Crippen molar-refractivity contribution < 1.29 is 0 Å². The number of piperidine rings is 1. The molecule has 1 saturated carbocycles. The molecule has 1 N–H and O–H groups in total. The minimum atomic E-state index is 1.02. The summed E-state index contributed by atoms with van der Waals surface area (Å²) < 4.78 is 0. The van der Waals surface area contributed by atoms with E-state index in [-0.39, 0.29) is 0 Å². The van der Waals surface area contributed by atoms with Crippen molar-refractivity contribution >= 4 is 0 Å². The molecule has 0 amide bonds. The van der Waals surface area contributed by atoms with Crippen molar-refractivity contribution in [2.45, 2.75) is 38.5 Å². The SMILES string of the molecule is C1CNCC(CCC2CC2)C1. The predicted molar refractivity (Wildman–Crippen MR) is 47.6 cm³/mol. The van der Waals surface area contributed by atoms with E-state index >= 15 is 0 Å². The zero-order chi connectivity index (χ0) is 7.52. The van der Waals surface area contributed by atoms with Crippen LogP contribution in [0.3, 0.4) is 0 Å². The standard InChI is InChI=1S/C10H19N/c1-2-10(8-11-7-1)6-5-9-3-4-9/h9-11H,1-8H2. The van der Waals surface area contributed by atoms with Crippen LogP contribution < -0.4 is 5.32 Å². The van der Waals surface area contributed by atoms with Crippen LogP contribution >= 0.6 is 0 Å². The molecule has 1 saturated heterocycles. The fraction of sp³-hybridized carbons (Fsp3) is 1.00. The molecule has 0 bridgehead atoms. The molecule has 64 valence electrons. The molecule has 0 spiro atoms. The lowest BCUT2D eigenvalue weighted by molar-refractivity contribution is 0.345. The molecule has 2 rings (SSSR count). The molecule has 0 aromatic carbocycles. The van der Waals surface area contributed by atoms with E-state index in [1.165, 1.54) is 51.6 Å². The van der Waals surface area contributed by atoms with Crippen LogP contribution in [0.1, 0.15) is 38.5 Å². The number of rotatable bonds is 3. The molecule has 1 nitrogen and oxygen atoms in total. The van der Waals surface area contributed by atoms with Crippen LogP contribution in [0.5, 0.6) is 0 Å². The van der Waals surface area contributed by atoms with Crippen molar-refractivity contribution in [3.05, 3.63) is 0 Å². The summed E-state index contributed by atoms with van der Waals surface area (Å²) in [6, 6.07) is 0. The molecule has 1 heterocycles. The molecular weight excluding hydrogens is 134 g/mol. The number of hydrogen-bond donors (Lipinski definition) is 1. The summed E-state index contributed by atoms with van der Waals surface area (Å²) >= 11 is 0. The van der Waals surface area contributed by atoms with Gasteiger partial charge in [-0.05, 0) is 44.2 Å². The van der Waals surface area contributed by atoms with E-state index in [1.54, 1.807) is 0 Å². The van der Waals surface area contributed by atoms with Gasteiger partial charge in [-0.3, -0.25) is 0 Å². The van der Waals surface area contributed by atoms with Crippen LogP contribution in [-0.4, -0.2) is 13.1 Å². The highest BCUT2D eigenvalue weighted by Crippen LogP contribution is 2.35. The minimum Gasteiger partial charge on any atom is -0.316 e. The predicted octanol–water partition coefficient (Wildman–Crippen LogP) is 2.18. The van der Waals surface area contributed by atoms with Gasteiger partial charge in [-0.2, -0.15) is 0 Å². The molecule has 0 aromatic rings. The Kier molecular flexibility index (Phi) is 2.47. The van der Waals surface area contributed by atoms with Crippen LogP contribution in [0.2, 0.25) is 0 Å². The van der Waals surface area contributed by atoms with Gasteiger partial charge in [0.25, 0.3) is 0 Å². The van der Waals surface area contributed by atoms with E-state index in [0.29, 0.717) is 0 Å². The lowest BCUT2D eigenvalue weighted by Gasteiger charge is -2.22. The molecule has 1 unspecified atom stereocenters. The molecule has 2 fully saturated rings. The van der Waals surface area contributed by atoms with Crippen LogP contribution in [-0.2, 0) is 0 Å². The van der Waals surface area contributed by atoms with Crippen molar-refractivity contribution in [2.24, 2.45) is 11.8 Å². The Hall–Kier alpha value is -0.0400. The Morgan fingerprint density at radius 1 is 1.00 bits per heavy atom. The third kappa shape index (κ3) is 2.48. The summed E-state index contributed by atoms with van der Waals surface area (Å²) in [4.78, 5) is 0. The molecule has 1 atom stereocenters. The third-order valence-corrected chi connectivity index (χ3v) is 3.08. The Balaban J connectivity index is 1.59. The molecule has 11 heavy (non-hydrogen) atoms. The molecule has 0 radical (unpaired) electrons. The first-order chi connectivity index (χ1) is 5.45. The number of hydrogen-bond acceptors (Lipinski definition) is 1. The van der Waals surface area contributed by atoms with Gasteiger partial charge in [-0.25, -0.2) is 0 Å². The highest BCUT2D eigenvalue weighted by atomic mass is 14.9. The van der Waals surface area contributed by atoms with Crippen LogP contribution in [0.15, 0.2) is 0 Å².